The van der Waals surface area contributed by atoms with Crippen LogP contribution in [0.1, 0.15) is 24.8 Å². The Balaban J connectivity index is 1.75. The van der Waals surface area contributed by atoms with Crippen LogP contribution in [0.4, 0.5) is 4.39 Å². The highest BCUT2D eigenvalue weighted by Crippen LogP contribution is 2.12. The highest BCUT2D eigenvalue weighted by atomic mass is 19.1. The molecule has 18 heavy (non-hydrogen) atoms. The molecule has 1 atom stereocenters. The molecule has 2 rings (SSSR count). The summed E-state index contributed by atoms with van der Waals surface area (Å²) in [5.41, 5.74) is 0.627. The number of rotatable bonds is 4. The van der Waals surface area contributed by atoms with E-state index in [2.05, 4.69) is 5.32 Å². The van der Waals surface area contributed by atoms with E-state index in [9.17, 15) is 9.18 Å². The summed E-state index contributed by atoms with van der Waals surface area (Å²) < 4.78 is 18.7. The third kappa shape index (κ3) is 3.53. The van der Waals surface area contributed by atoms with E-state index in [1.807, 2.05) is 0 Å². The molecule has 1 amide bonds. The normalized spacial score (nSPS) is 19.5. The second-order valence-electron chi connectivity index (χ2n) is 4.49. The number of halogens is 1. The summed E-state index contributed by atoms with van der Waals surface area (Å²) in [7, 11) is 0. The van der Waals surface area contributed by atoms with Gasteiger partial charge in [0.25, 0.3) is 0 Å². The molecular formula is C14H18FNO2. The maximum absolute atomic E-state index is 13.3. The van der Waals surface area contributed by atoms with Crippen molar-refractivity contribution in [3.05, 3.63) is 35.6 Å². The Labute approximate surface area is 106 Å². The molecule has 1 unspecified atom stereocenters. The third-order valence-corrected chi connectivity index (χ3v) is 3.12. The van der Waals surface area contributed by atoms with Crippen LogP contribution < -0.4 is 5.32 Å². The molecular weight excluding hydrogens is 233 g/mol. The molecule has 1 aromatic rings. The van der Waals surface area contributed by atoms with Gasteiger partial charge in [-0.15, -0.1) is 0 Å². The molecule has 1 N–H and O–H groups in total. The summed E-state index contributed by atoms with van der Waals surface area (Å²) in [6.07, 6.45) is 3.03. The van der Waals surface area contributed by atoms with Gasteiger partial charge in [-0.25, -0.2) is 4.39 Å². The van der Waals surface area contributed by atoms with E-state index in [0.29, 0.717) is 25.1 Å². The predicted molar refractivity (Wildman–Crippen MR) is 66.7 cm³/mol. The second kappa shape index (κ2) is 6.50. The van der Waals surface area contributed by atoms with Gasteiger partial charge in [0.1, 0.15) is 11.9 Å². The van der Waals surface area contributed by atoms with Crippen LogP contribution in [0.25, 0.3) is 0 Å². The highest BCUT2D eigenvalue weighted by Gasteiger charge is 2.21. The van der Waals surface area contributed by atoms with Gasteiger partial charge in [-0.05, 0) is 37.3 Å². The fourth-order valence-corrected chi connectivity index (χ4v) is 2.08. The Hall–Kier alpha value is -1.42. The fraction of sp³-hybridized carbons (Fsp3) is 0.500. The number of benzene rings is 1. The number of ether oxygens (including phenoxy) is 1. The maximum Gasteiger partial charge on any atom is 0.249 e. The predicted octanol–water partition coefficient (Wildman–Crippen LogP) is 2.05. The van der Waals surface area contributed by atoms with Crippen molar-refractivity contribution in [2.24, 2.45) is 0 Å². The van der Waals surface area contributed by atoms with Crippen LogP contribution in [-0.2, 0) is 16.0 Å². The van der Waals surface area contributed by atoms with Crippen LogP contribution in [0.15, 0.2) is 24.3 Å². The fourth-order valence-electron chi connectivity index (χ4n) is 2.08. The van der Waals surface area contributed by atoms with Crippen LogP contribution in [0.5, 0.6) is 0 Å². The SMILES string of the molecule is O=C(NCCc1ccccc1F)C1CCCCO1. The van der Waals surface area contributed by atoms with Crippen LogP contribution >= 0.6 is 0 Å². The molecule has 0 spiro atoms. The highest BCUT2D eigenvalue weighted by molar-refractivity contribution is 5.80. The first kappa shape index (κ1) is 13.0. The van der Waals surface area contributed by atoms with Crippen molar-refractivity contribution in [2.45, 2.75) is 31.8 Å². The Morgan fingerprint density at radius 1 is 1.39 bits per heavy atom. The lowest BCUT2D eigenvalue weighted by Gasteiger charge is -2.21. The molecule has 0 saturated carbocycles. The lowest BCUT2D eigenvalue weighted by molar-refractivity contribution is -0.135. The van der Waals surface area contributed by atoms with E-state index < -0.39 is 0 Å². The molecule has 3 nitrogen and oxygen atoms in total. The zero-order chi connectivity index (χ0) is 12.8. The van der Waals surface area contributed by atoms with Crippen molar-refractivity contribution < 1.29 is 13.9 Å². The third-order valence-electron chi connectivity index (χ3n) is 3.12. The lowest BCUT2D eigenvalue weighted by Crippen LogP contribution is -2.39. The Morgan fingerprint density at radius 2 is 2.22 bits per heavy atom. The molecule has 1 aromatic carbocycles. The number of nitrogens with one attached hydrogen (secondary N) is 1. The average Bonchev–Trinajstić information content (AvgIpc) is 2.42. The van der Waals surface area contributed by atoms with Crippen molar-refractivity contribution in [3.8, 4) is 0 Å². The van der Waals surface area contributed by atoms with Crippen molar-refractivity contribution in [2.75, 3.05) is 13.2 Å². The molecule has 0 radical (unpaired) electrons. The minimum Gasteiger partial charge on any atom is -0.368 e. The van der Waals surface area contributed by atoms with Gasteiger partial charge in [-0.3, -0.25) is 4.79 Å². The second-order valence-corrected chi connectivity index (χ2v) is 4.49. The van der Waals surface area contributed by atoms with E-state index in [-0.39, 0.29) is 17.8 Å². The van der Waals surface area contributed by atoms with Crippen molar-refractivity contribution in [1.82, 2.24) is 5.32 Å². The quantitative estimate of drug-likeness (QED) is 0.889. The molecule has 1 aliphatic rings. The van der Waals surface area contributed by atoms with Gasteiger partial charge in [0.05, 0.1) is 0 Å². The van der Waals surface area contributed by atoms with Gasteiger partial charge < -0.3 is 10.1 Å². The standard InChI is InChI=1S/C14H18FNO2/c15-12-6-2-1-5-11(12)8-9-16-14(17)13-7-3-4-10-18-13/h1-2,5-6,13H,3-4,7-10H2,(H,16,17). The zero-order valence-electron chi connectivity index (χ0n) is 10.3. The monoisotopic (exact) mass is 251 g/mol. The smallest absolute Gasteiger partial charge is 0.249 e. The van der Waals surface area contributed by atoms with Crippen LogP contribution in [0.3, 0.4) is 0 Å². The topological polar surface area (TPSA) is 38.3 Å². The van der Waals surface area contributed by atoms with Crippen LogP contribution in [0, 0.1) is 5.82 Å². The Kier molecular flexibility index (Phi) is 4.70. The summed E-state index contributed by atoms with van der Waals surface area (Å²) in [5, 5.41) is 2.80. The zero-order valence-corrected chi connectivity index (χ0v) is 10.3. The summed E-state index contributed by atoms with van der Waals surface area (Å²) in [5.74, 6) is -0.299. The van der Waals surface area contributed by atoms with Gasteiger partial charge >= 0.3 is 0 Å². The number of carbonyl (C=O) groups excluding carboxylic acids is 1. The lowest BCUT2D eigenvalue weighted by atomic mass is 10.1. The number of amides is 1. The molecule has 0 bridgehead atoms. The average molecular weight is 251 g/mol. The largest absolute Gasteiger partial charge is 0.368 e. The molecule has 98 valence electrons. The molecule has 0 aromatic heterocycles. The first-order valence-corrected chi connectivity index (χ1v) is 6.40. The molecule has 1 fully saturated rings. The van der Waals surface area contributed by atoms with Gasteiger partial charge in [0.15, 0.2) is 0 Å². The van der Waals surface area contributed by atoms with Crippen molar-refractivity contribution in [1.29, 1.82) is 0 Å². The summed E-state index contributed by atoms with van der Waals surface area (Å²) in [4.78, 5) is 11.7. The summed E-state index contributed by atoms with van der Waals surface area (Å²) in [6.45, 7) is 1.10. The van der Waals surface area contributed by atoms with Gasteiger partial charge in [0, 0.05) is 13.2 Å². The summed E-state index contributed by atoms with van der Waals surface area (Å²) >= 11 is 0. The molecule has 4 heteroatoms. The first-order valence-electron chi connectivity index (χ1n) is 6.40. The minimum absolute atomic E-state index is 0.0777. The Morgan fingerprint density at radius 3 is 2.94 bits per heavy atom. The molecule has 1 saturated heterocycles. The van der Waals surface area contributed by atoms with E-state index >= 15 is 0 Å². The Bertz CT molecular complexity index is 403. The van der Waals surface area contributed by atoms with Crippen LogP contribution in [0.2, 0.25) is 0 Å². The number of hydrogen-bond acceptors (Lipinski definition) is 2. The molecule has 1 heterocycles. The van der Waals surface area contributed by atoms with Gasteiger partial charge in [-0.1, -0.05) is 18.2 Å². The van der Waals surface area contributed by atoms with Crippen LogP contribution in [-0.4, -0.2) is 25.2 Å². The van der Waals surface area contributed by atoms with Crippen molar-refractivity contribution in [3.63, 3.8) is 0 Å². The van der Waals surface area contributed by atoms with E-state index in [0.717, 1.165) is 19.3 Å². The van der Waals surface area contributed by atoms with E-state index in [1.54, 1.807) is 18.2 Å². The minimum atomic E-state index is -0.320. The van der Waals surface area contributed by atoms with E-state index in [4.69, 9.17) is 4.74 Å². The molecule has 1 aliphatic heterocycles. The first-order chi connectivity index (χ1) is 8.77. The number of carbonyl (C=O) groups is 1. The van der Waals surface area contributed by atoms with Gasteiger partial charge in [-0.2, -0.15) is 0 Å². The summed E-state index contributed by atoms with van der Waals surface area (Å²) in [6, 6.07) is 6.62. The maximum atomic E-state index is 13.3. The van der Waals surface area contributed by atoms with Crippen molar-refractivity contribution >= 4 is 5.91 Å². The number of hydrogen-bond donors (Lipinski definition) is 1. The van der Waals surface area contributed by atoms with Gasteiger partial charge in [0.2, 0.25) is 5.91 Å². The molecule has 0 aliphatic carbocycles. The van der Waals surface area contributed by atoms with E-state index in [1.165, 1.54) is 6.07 Å².